The molecule has 1 aromatic rings. The number of carbonyl (C=O) groups is 1. The first kappa shape index (κ1) is 21.1. The molecule has 4 nitrogen and oxygen atoms in total. The smallest absolute Gasteiger partial charge is 0.328 e. The molecular formula is C21H32O4. The Kier molecular flexibility index (Phi) is 11.2. The lowest BCUT2D eigenvalue weighted by Crippen LogP contribution is -2.01. The first-order valence-corrected chi connectivity index (χ1v) is 9.48. The molecule has 0 aliphatic heterocycles. The third kappa shape index (κ3) is 9.80. The normalized spacial score (nSPS) is 11.0. The minimum atomic E-state index is -0.967. The Morgan fingerprint density at radius 2 is 1.60 bits per heavy atom. The summed E-state index contributed by atoms with van der Waals surface area (Å²) < 4.78 is 11.7. The zero-order valence-electron chi connectivity index (χ0n) is 15.6. The molecule has 0 fully saturated rings. The van der Waals surface area contributed by atoms with Crippen LogP contribution in [-0.2, 0) is 4.79 Å². The molecule has 25 heavy (non-hydrogen) atoms. The van der Waals surface area contributed by atoms with E-state index < -0.39 is 5.97 Å². The van der Waals surface area contributed by atoms with E-state index in [1.807, 2.05) is 18.2 Å². The number of benzene rings is 1. The minimum Gasteiger partial charge on any atom is -0.493 e. The predicted molar refractivity (Wildman–Crippen MR) is 102 cm³/mol. The maximum atomic E-state index is 10.8. The summed E-state index contributed by atoms with van der Waals surface area (Å²) in [5.41, 5.74) is 0.760. The summed E-state index contributed by atoms with van der Waals surface area (Å²) in [6.45, 7) is 5.69. The van der Waals surface area contributed by atoms with Crippen molar-refractivity contribution in [1.82, 2.24) is 0 Å². The molecule has 0 spiro atoms. The van der Waals surface area contributed by atoms with E-state index >= 15 is 0 Å². The molecule has 0 radical (unpaired) electrons. The summed E-state index contributed by atoms with van der Waals surface area (Å²) in [4.78, 5) is 10.8. The molecule has 0 aliphatic carbocycles. The summed E-state index contributed by atoms with van der Waals surface area (Å²) in [6.07, 6.45) is 11.9. The molecule has 0 saturated heterocycles. The highest BCUT2D eigenvalue weighted by molar-refractivity contribution is 5.86. The fraction of sp³-hybridized carbons (Fsp3) is 0.571. The summed E-state index contributed by atoms with van der Waals surface area (Å²) in [5, 5.41) is 8.83. The van der Waals surface area contributed by atoms with E-state index in [2.05, 4.69) is 13.8 Å². The topological polar surface area (TPSA) is 55.8 Å². The summed E-state index contributed by atoms with van der Waals surface area (Å²) in [6, 6.07) is 5.58. The van der Waals surface area contributed by atoms with Crippen molar-refractivity contribution in [2.75, 3.05) is 13.2 Å². The lowest BCUT2D eigenvalue weighted by Gasteiger charge is -2.12. The van der Waals surface area contributed by atoms with Crippen molar-refractivity contribution < 1.29 is 19.4 Å². The number of hydrogen-bond acceptors (Lipinski definition) is 3. The summed E-state index contributed by atoms with van der Waals surface area (Å²) in [5.74, 6) is 0.484. The average Bonchev–Trinajstić information content (AvgIpc) is 2.60. The van der Waals surface area contributed by atoms with Gasteiger partial charge in [0.15, 0.2) is 0 Å². The fourth-order valence-electron chi connectivity index (χ4n) is 2.46. The number of aliphatic carboxylic acids is 1. The van der Waals surface area contributed by atoms with Gasteiger partial charge in [0, 0.05) is 17.7 Å². The SMILES string of the molecule is CCCCCCOc1ccc(C=CC(=O)O)c(OCCCCCC)c1. The number of rotatable bonds is 14. The van der Waals surface area contributed by atoms with Gasteiger partial charge in [0.05, 0.1) is 13.2 Å². The van der Waals surface area contributed by atoms with Crippen molar-refractivity contribution >= 4 is 12.0 Å². The number of hydrogen-bond donors (Lipinski definition) is 1. The Bertz CT molecular complexity index is 523. The van der Waals surface area contributed by atoms with Gasteiger partial charge in [-0.3, -0.25) is 0 Å². The first-order valence-electron chi connectivity index (χ1n) is 9.48. The van der Waals surface area contributed by atoms with E-state index in [1.165, 1.54) is 32.1 Å². The van der Waals surface area contributed by atoms with Gasteiger partial charge >= 0.3 is 5.97 Å². The van der Waals surface area contributed by atoms with E-state index in [1.54, 1.807) is 6.08 Å². The van der Waals surface area contributed by atoms with Crippen molar-refractivity contribution in [3.8, 4) is 11.5 Å². The molecule has 0 bridgehead atoms. The predicted octanol–water partition coefficient (Wildman–Crippen LogP) is 5.70. The van der Waals surface area contributed by atoms with E-state index in [9.17, 15) is 4.79 Å². The van der Waals surface area contributed by atoms with E-state index in [4.69, 9.17) is 14.6 Å². The van der Waals surface area contributed by atoms with Crippen LogP contribution in [0.3, 0.4) is 0 Å². The highest BCUT2D eigenvalue weighted by Crippen LogP contribution is 2.27. The van der Waals surface area contributed by atoms with Crippen LogP contribution in [0, 0.1) is 0 Å². The zero-order valence-corrected chi connectivity index (χ0v) is 15.6. The Balaban J connectivity index is 2.65. The quantitative estimate of drug-likeness (QED) is 0.346. The van der Waals surface area contributed by atoms with Crippen molar-refractivity contribution in [2.45, 2.75) is 65.2 Å². The van der Waals surface area contributed by atoms with Crippen molar-refractivity contribution in [3.05, 3.63) is 29.8 Å². The van der Waals surface area contributed by atoms with Gasteiger partial charge in [-0.15, -0.1) is 0 Å². The first-order chi connectivity index (χ1) is 12.2. The van der Waals surface area contributed by atoms with Gasteiger partial charge in [-0.25, -0.2) is 4.79 Å². The molecule has 140 valence electrons. The number of ether oxygens (including phenoxy) is 2. The van der Waals surface area contributed by atoms with Crippen LogP contribution < -0.4 is 9.47 Å². The van der Waals surface area contributed by atoms with E-state index in [-0.39, 0.29) is 0 Å². The minimum absolute atomic E-state index is 0.633. The third-order valence-corrected chi connectivity index (χ3v) is 3.91. The Morgan fingerprint density at radius 3 is 2.20 bits per heavy atom. The van der Waals surface area contributed by atoms with Crippen molar-refractivity contribution in [3.63, 3.8) is 0 Å². The van der Waals surface area contributed by atoms with Crippen molar-refractivity contribution in [2.24, 2.45) is 0 Å². The maximum absolute atomic E-state index is 10.8. The van der Waals surface area contributed by atoms with Crippen LogP contribution in [0.15, 0.2) is 24.3 Å². The Hall–Kier alpha value is -1.97. The van der Waals surface area contributed by atoms with E-state index in [0.29, 0.717) is 19.0 Å². The van der Waals surface area contributed by atoms with Gasteiger partial charge in [0.25, 0.3) is 0 Å². The molecule has 0 aromatic heterocycles. The van der Waals surface area contributed by atoms with Crippen LogP contribution in [0.5, 0.6) is 11.5 Å². The molecule has 0 unspecified atom stereocenters. The Labute approximate surface area is 151 Å². The lowest BCUT2D eigenvalue weighted by atomic mass is 10.1. The zero-order chi connectivity index (χ0) is 18.3. The van der Waals surface area contributed by atoms with Gasteiger partial charge < -0.3 is 14.6 Å². The lowest BCUT2D eigenvalue weighted by molar-refractivity contribution is -0.131. The average molecular weight is 348 g/mol. The van der Waals surface area contributed by atoms with Crippen LogP contribution in [0.25, 0.3) is 6.08 Å². The molecule has 1 rings (SSSR count). The molecule has 0 aliphatic rings. The largest absolute Gasteiger partial charge is 0.493 e. The van der Waals surface area contributed by atoms with Gasteiger partial charge in [0.1, 0.15) is 11.5 Å². The molecule has 0 amide bonds. The van der Waals surface area contributed by atoms with Gasteiger partial charge in [-0.1, -0.05) is 52.4 Å². The standard InChI is InChI=1S/C21H32O4/c1-3-5-7-9-15-24-19-13-11-18(12-14-21(22)23)20(17-19)25-16-10-8-6-4-2/h11-14,17H,3-10,15-16H2,1-2H3,(H,22,23). The number of unbranched alkanes of at least 4 members (excludes halogenated alkanes) is 6. The van der Waals surface area contributed by atoms with Crippen molar-refractivity contribution in [1.29, 1.82) is 0 Å². The second-order valence-corrected chi connectivity index (χ2v) is 6.19. The molecule has 4 heteroatoms. The fourth-order valence-corrected chi connectivity index (χ4v) is 2.46. The van der Waals surface area contributed by atoms with E-state index in [0.717, 1.165) is 36.7 Å². The molecular weight excluding hydrogens is 316 g/mol. The van der Waals surface area contributed by atoms with Gasteiger partial charge in [0.2, 0.25) is 0 Å². The maximum Gasteiger partial charge on any atom is 0.328 e. The van der Waals surface area contributed by atoms with Crippen LogP contribution in [0.4, 0.5) is 0 Å². The van der Waals surface area contributed by atoms with Crippen LogP contribution in [0.2, 0.25) is 0 Å². The second kappa shape index (κ2) is 13.3. The monoisotopic (exact) mass is 348 g/mol. The third-order valence-electron chi connectivity index (χ3n) is 3.91. The highest BCUT2D eigenvalue weighted by atomic mass is 16.5. The number of carboxylic acid groups (broad SMARTS) is 1. The summed E-state index contributed by atoms with van der Waals surface area (Å²) in [7, 11) is 0. The van der Waals surface area contributed by atoms with Gasteiger partial charge in [-0.2, -0.15) is 0 Å². The summed E-state index contributed by atoms with van der Waals surface area (Å²) >= 11 is 0. The molecule has 0 saturated carbocycles. The molecule has 0 heterocycles. The molecule has 1 N–H and O–H groups in total. The van der Waals surface area contributed by atoms with Crippen LogP contribution >= 0.6 is 0 Å². The molecule has 1 aromatic carbocycles. The Morgan fingerprint density at radius 1 is 0.960 bits per heavy atom. The highest BCUT2D eigenvalue weighted by Gasteiger charge is 2.05. The number of carboxylic acids is 1. The molecule has 0 atom stereocenters. The second-order valence-electron chi connectivity index (χ2n) is 6.19. The van der Waals surface area contributed by atoms with Crippen LogP contribution in [0.1, 0.15) is 70.8 Å². The van der Waals surface area contributed by atoms with Crippen LogP contribution in [-0.4, -0.2) is 24.3 Å². The van der Waals surface area contributed by atoms with Gasteiger partial charge in [-0.05, 0) is 31.1 Å².